The number of rotatable bonds is 6. The minimum atomic E-state index is 0.684. The van der Waals surface area contributed by atoms with Crippen molar-refractivity contribution in [1.82, 2.24) is 15.1 Å². The molecule has 1 aliphatic heterocycles. The van der Waals surface area contributed by atoms with Crippen LogP contribution in [0.15, 0.2) is 48.5 Å². The van der Waals surface area contributed by atoms with Crippen molar-refractivity contribution in [3.8, 4) is 16.9 Å². The van der Waals surface area contributed by atoms with Gasteiger partial charge in [-0.2, -0.15) is 10.2 Å². The molecule has 1 atom stereocenters. The van der Waals surface area contributed by atoms with E-state index >= 15 is 0 Å². The van der Waals surface area contributed by atoms with Gasteiger partial charge in [-0.3, -0.25) is 0 Å². The third kappa shape index (κ3) is 4.11. The van der Waals surface area contributed by atoms with Crippen LogP contribution in [0.1, 0.15) is 32.4 Å². The van der Waals surface area contributed by atoms with Gasteiger partial charge in [0, 0.05) is 24.4 Å². The molecule has 0 radical (unpaired) electrons. The van der Waals surface area contributed by atoms with Gasteiger partial charge in [-0.1, -0.05) is 24.3 Å². The van der Waals surface area contributed by atoms with Crippen LogP contribution in [-0.2, 0) is 6.42 Å². The Kier molecular flexibility index (Phi) is 5.35. The van der Waals surface area contributed by atoms with Crippen LogP contribution in [0.4, 0.5) is 0 Å². The summed E-state index contributed by atoms with van der Waals surface area (Å²) < 4.78 is 5.52. The Balaban J connectivity index is 1.49. The number of aromatic nitrogens is 2. The SMILES string of the molecule is CCOc1ccc(-c2ccc3cc(CCN4CCC[C@H]4C)nnc3c2)cc1. The van der Waals surface area contributed by atoms with E-state index in [0.29, 0.717) is 12.6 Å². The fraction of sp³-hybridized carbons (Fsp3) is 0.391. The van der Waals surface area contributed by atoms with Crippen molar-refractivity contribution in [2.24, 2.45) is 0 Å². The molecule has 0 aliphatic carbocycles. The van der Waals surface area contributed by atoms with E-state index in [0.717, 1.165) is 46.4 Å². The summed E-state index contributed by atoms with van der Waals surface area (Å²) in [5.41, 5.74) is 4.34. The lowest BCUT2D eigenvalue weighted by atomic mass is 10.0. The van der Waals surface area contributed by atoms with Crippen molar-refractivity contribution < 1.29 is 4.74 Å². The maximum atomic E-state index is 5.52. The molecule has 140 valence electrons. The van der Waals surface area contributed by atoms with Crippen LogP contribution in [0.25, 0.3) is 22.0 Å². The van der Waals surface area contributed by atoms with E-state index in [4.69, 9.17) is 4.74 Å². The molecule has 0 unspecified atom stereocenters. The monoisotopic (exact) mass is 361 g/mol. The van der Waals surface area contributed by atoms with Gasteiger partial charge in [0.25, 0.3) is 0 Å². The van der Waals surface area contributed by atoms with E-state index in [1.807, 2.05) is 19.1 Å². The molecule has 4 heteroatoms. The highest BCUT2D eigenvalue weighted by molar-refractivity contribution is 5.84. The Bertz CT molecular complexity index is 907. The first-order valence-corrected chi connectivity index (χ1v) is 9.96. The number of fused-ring (bicyclic) bond motifs is 1. The van der Waals surface area contributed by atoms with Gasteiger partial charge in [0.15, 0.2) is 0 Å². The first-order valence-electron chi connectivity index (χ1n) is 9.96. The lowest BCUT2D eigenvalue weighted by molar-refractivity contribution is 0.271. The van der Waals surface area contributed by atoms with E-state index in [2.05, 4.69) is 58.4 Å². The first-order chi connectivity index (χ1) is 13.2. The largest absolute Gasteiger partial charge is 0.494 e. The second-order valence-corrected chi connectivity index (χ2v) is 7.34. The fourth-order valence-electron chi connectivity index (χ4n) is 3.87. The molecular formula is C23H27N3O. The number of hydrogen-bond donors (Lipinski definition) is 0. The molecule has 27 heavy (non-hydrogen) atoms. The minimum Gasteiger partial charge on any atom is -0.494 e. The molecule has 0 N–H and O–H groups in total. The summed E-state index contributed by atoms with van der Waals surface area (Å²) in [5.74, 6) is 0.902. The zero-order valence-electron chi connectivity index (χ0n) is 16.2. The molecule has 0 spiro atoms. The summed E-state index contributed by atoms with van der Waals surface area (Å²) in [7, 11) is 0. The average molecular weight is 361 g/mol. The molecule has 2 heterocycles. The van der Waals surface area contributed by atoms with Crippen LogP contribution in [0.5, 0.6) is 5.75 Å². The number of nitrogens with zero attached hydrogens (tertiary/aromatic N) is 3. The zero-order valence-corrected chi connectivity index (χ0v) is 16.2. The van der Waals surface area contributed by atoms with Crippen LogP contribution in [-0.4, -0.2) is 40.8 Å². The van der Waals surface area contributed by atoms with Crippen molar-refractivity contribution in [3.63, 3.8) is 0 Å². The summed E-state index contributed by atoms with van der Waals surface area (Å²) >= 11 is 0. The average Bonchev–Trinajstić information content (AvgIpc) is 3.11. The molecule has 3 aromatic rings. The molecule has 2 aromatic carbocycles. The normalized spacial score (nSPS) is 17.5. The standard InChI is InChI=1S/C23H27N3O/c1-3-27-22-10-8-18(9-11-22)19-6-7-20-15-21(24-25-23(20)16-19)12-14-26-13-4-5-17(26)2/h6-11,15-17H,3-5,12-14H2,1-2H3/t17-/m1/s1. The lowest BCUT2D eigenvalue weighted by Crippen LogP contribution is -2.29. The van der Waals surface area contributed by atoms with Gasteiger partial charge in [0.1, 0.15) is 5.75 Å². The highest BCUT2D eigenvalue weighted by Crippen LogP contribution is 2.26. The van der Waals surface area contributed by atoms with E-state index in [9.17, 15) is 0 Å². The predicted octanol–water partition coefficient (Wildman–Crippen LogP) is 4.72. The molecule has 4 nitrogen and oxygen atoms in total. The maximum Gasteiger partial charge on any atom is 0.119 e. The van der Waals surface area contributed by atoms with Gasteiger partial charge in [-0.25, -0.2) is 0 Å². The molecule has 1 fully saturated rings. The van der Waals surface area contributed by atoms with Crippen LogP contribution >= 0.6 is 0 Å². The Morgan fingerprint density at radius 1 is 1.04 bits per heavy atom. The van der Waals surface area contributed by atoms with Crippen LogP contribution in [0.2, 0.25) is 0 Å². The summed E-state index contributed by atoms with van der Waals surface area (Å²) in [5, 5.41) is 10.1. The second-order valence-electron chi connectivity index (χ2n) is 7.34. The Hall–Kier alpha value is -2.46. The zero-order chi connectivity index (χ0) is 18.6. The van der Waals surface area contributed by atoms with Crippen molar-refractivity contribution in [1.29, 1.82) is 0 Å². The summed E-state index contributed by atoms with van der Waals surface area (Å²) in [6, 6.07) is 17.5. The molecule has 1 aliphatic rings. The van der Waals surface area contributed by atoms with E-state index < -0.39 is 0 Å². The van der Waals surface area contributed by atoms with Gasteiger partial charge >= 0.3 is 0 Å². The number of hydrogen-bond acceptors (Lipinski definition) is 4. The smallest absolute Gasteiger partial charge is 0.119 e. The third-order valence-corrected chi connectivity index (χ3v) is 5.48. The van der Waals surface area contributed by atoms with Crippen molar-refractivity contribution in [3.05, 3.63) is 54.2 Å². The van der Waals surface area contributed by atoms with E-state index in [1.54, 1.807) is 0 Å². The number of ether oxygens (including phenoxy) is 1. The first kappa shape index (κ1) is 17.9. The molecule has 1 aromatic heterocycles. The van der Waals surface area contributed by atoms with Crippen LogP contribution in [0, 0.1) is 0 Å². The number of likely N-dealkylation sites (tertiary alicyclic amines) is 1. The van der Waals surface area contributed by atoms with Gasteiger partial charge in [0.05, 0.1) is 17.8 Å². The van der Waals surface area contributed by atoms with Crippen molar-refractivity contribution in [2.45, 2.75) is 39.2 Å². The van der Waals surface area contributed by atoms with Crippen molar-refractivity contribution >= 4 is 10.9 Å². The Morgan fingerprint density at radius 3 is 2.59 bits per heavy atom. The van der Waals surface area contributed by atoms with Crippen molar-refractivity contribution in [2.75, 3.05) is 19.7 Å². The predicted molar refractivity (Wildman–Crippen MR) is 110 cm³/mol. The third-order valence-electron chi connectivity index (χ3n) is 5.48. The molecular weight excluding hydrogens is 334 g/mol. The van der Waals surface area contributed by atoms with E-state index in [-0.39, 0.29) is 0 Å². The number of benzene rings is 2. The summed E-state index contributed by atoms with van der Waals surface area (Å²) in [6.45, 7) is 7.29. The quantitative estimate of drug-likeness (QED) is 0.637. The molecule has 0 bridgehead atoms. The minimum absolute atomic E-state index is 0.684. The summed E-state index contributed by atoms with van der Waals surface area (Å²) in [4.78, 5) is 2.56. The summed E-state index contributed by atoms with van der Waals surface area (Å²) in [6.07, 6.45) is 3.60. The van der Waals surface area contributed by atoms with Crippen LogP contribution < -0.4 is 4.74 Å². The topological polar surface area (TPSA) is 38.2 Å². The molecule has 0 saturated carbocycles. The second kappa shape index (κ2) is 8.05. The van der Waals surface area contributed by atoms with Gasteiger partial charge < -0.3 is 9.64 Å². The van der Waals surface area contributed by atoms with Gasteiger partial charge in [-0.05, 0) is 68.6 Å². The van der Waals surface area contributed by atoms with E-state index in [1.165, 1.54) is 19.4 Å². The van der Waals surface area contributed by atoms with Gasteiger partial charge in [0.2, 0.25) is 0 Å². The molecule has 1 saturated heterocycles. The molecule has 0 amide bonds. The highest BCUT2D eigenvalue weighted by Gasteiger charge is 2.19. The maximum absolute atomic E-state index is 5.52. The Labute approximate surface area is 161 Å². The Morgan fingerprint density at radius 2 is 1.85 bits per heavy atom. The highest BCUT2D eigenvalue weighted by atomic mass is 16.5. The molecule has 4 rings (SSSR count). The van der Waals surface area contributed by atoms with Crippen LogP contribution in [0.3, 0.4) is 0 Å². The fourth-order valence-corrected chi connectivity index (χ4v) is 3.87. The van der Waals surface area contributed by atoms with Gasteiger partial charge in [-0.15, -0.1) is 0 Å². The lowest BCUT2D eigenvalue weighted by Gasteiger charge is -2.20.